The van der Waals surface area contributed by atoms with E-state index in [2.05, 4.69) is 21.2 Å². The second-order valence-electron chi connectivity index (χ2n) is 4.85. The molecule has 0 aliphatic heterocycles. The number of amides is 1. The molecule has 0 spiro atoms. The van der Waals surface area contributed by atoms with Gasteiger partial charge in [0.05, 0.1) is 5.56 Å². The summed E-state index contributed by atoms with van der Waals surface area (Å²) in [6.07, 6.45) is 1.43. The van der Waals surface area contributed by atoms with Crippen LogP contribution >= 0.6 is 27.5 Å². The van der Waals surface area contributed by atoms with Gasteiger partial charge in [0.15, 0.2) is 0 Å². The van der Waals surface area contributed by atoms with Crippen LogP contribution in [0.2, 0.25) is 5.02 Å². The average Bonchev–Trinajstić information content (AvgIpc) is 2.50. The third kappa shape index (κ3) is 3.50. The molecule has 2 aromatic rings. The summed E-state index contributed by atoms with van der Waals surface area (Å²) in [6.45, 7) is 3.97. The highest BCUT2D eigenvalue weighted by Gasteiger charge is 2.17. The number of hydrogen-bond donors (Lipinski definition) is 1. The zero-order chi connectivity index (χ0) is 16.3. The van der Waals surface area contributed by atoms with E-state index in [-0.39, 0.29) is 5.56 Å². The predicted octanol–water partition coefficient (Wildman–Crippen LogP) is 5.62. The molecule has 5 heteroatoms. The third-order valence-corrected chi connectivity index (χ3v) is 4.34. The van der Waals surface area contributed by atoms with Gasteiger partial charge in [-0.3, -0.25) is 4.79 Å². The minimum atomic E-state index is -0.557. The maximum atomic E-state index is 13.9. The Morgan fingerprint density at radius 2 is 1.95 bits per heavy atom. The van der Waals surface area contributed by atoms with Gasteiger partial charge < -0.3 is 5.32 Å². The van der Waals surface area contributed by atoms with Crippen LogP contribution in [0.25, 0.3) is 0 Å². The Kier molecular flexibility index (Phi) is 5.59. The molecule has 1 amide bonds. The SMILES string of the molecule is CCc1ccc(Cl)c(CC)c1NC(=O)c1cc(Br)ccc1F. The highest BCUT2D eigenvalue weighted by atomic mass is 79.9. The molecule has 22 heavy (non-hydrogen) atoms. The van der Waals surface area contributed by atoms with E-state index in [9.17, 15) is 9.18 Å². The lowest BCUT2D eigenvalue weighted by atomic mass is 10.0. The Bertz CT molecular complexity index is 718. The molecule has 0 aliphatic rings. The summed E-state index contributed by atoms with van der Waals surface area (Å²) >= 11 is 9.46. The van der Waals surface area contributed by atoms with Crippen LogP contribution in [0.1, 0.15) is 35.3 Å². The van der Waals surface area contributed by atoms with Crippen LogP contribution in [0, 0.1) is 5.82 Å². The summed E-state index contributed by atoms with van der Waals surface area (Å²) in [4.78, 5) is 12.4. The molecule has 1 N–H and O–H groups in total. The first-order chi connectivity index (χ1) is 10.5. The van der Waals surface area contributed by atoms with Crippen molar-refractivity contribution >= 4 is 39.1 Å². The van der Waals surface area contributed by atoms with Gasteiger partial charge in [-0.1, -0.05) is 47.4 Å². The van der Waals surface area contributed by atoms with E-state index in [1.165, 1.54) is 12.1 Å². The van der Waals surface area contributed by atoms with Gasteiger partial charge in [0, 0.05) is 15.2 Å². The Morgan fingerprint density at radius 1 is 1.23 bits per heavy atom. The second kappa shape index (κ2) is 7.25. The number of benzene rings is 2. The first-order valence-corrected chi connectivity index (χ1v) is 8.21. The number of aryl methyl sites for hydroxylation is 1. The van der Waals surface area contributed by atoms with Gasteiger partial charge in [0.25, 0.3) is 5.91 Å². The molecule has 0 saturated carbocycles. The largest absolute Gasteiger partial charge is 0.321 e. The van der Waals surface area contributed by atoms with Crippen molar-refractivity contribution in [2.75, 3.05) is 5.32 Å². The molecule has 0 fully saturated rings. The minimum Gasteiger partial charge on any atom is -0.321 e. The summed E-state index contributed by atoms with van der Waals surface area (Å²) in [7, 11) is 0. The van der Waals surface area contributed by atoms with Crippen molar-refractivity contribution < 1.29 is 9.18 Å². The lowest BCUT2D eigenvalue weighted by Gasteiger charge is -2.16. The van der Waals surface area contributed by atoms with Gasteiger partial charge in [-0.2, -0.15) is 0 Å². The molecule has 0 atom stereocenters. The number of hydrogen-bond acceptors (Lipinski definition) is 1. The smallest absolute Gasteiger partial charge is 0.258 e. The summed E-state index contributed by atoms with van der Waals surface area (Å²) in [5, 5.41) is 3.42. The number of halogens is 3. The number of rotatable bonds is 4. The van der Waals surface area contributed by atoms with Crippen molar-refractivity contribution in [1.82, 2.24) is 0 Å². The Balaban J connectivity index is 2.44. The van der Waals surface area contributed by atoms with Crippen molar-refractivity contribution in [2.24, 2.45) is 0 Å². The molecule has 0 aliphatic carbocycles. The molecule has 0 heterocycles. The molecule has 0 bridgehead atoms. The molecule has 2 nitrogen and oxygen atoms in total. The Hall–Kier alpha value is -1.39. The fourth-order valence-electron chi connectivity index (χ4n) is 2.32. The third-order valence-electron chi connectivity index (χ3n) is 3.49. The topological polar surface area (TPSA) is 29.1 Å². The maximum Gasteiger partial charge on any atom is 0.258 e. The minimum absolute atomic E-state index is 0.00143. The van der Waals surface area contributed by atoms with Crippen LogP contribution in [0.5, 0.6) is 0 Å². The van der Waals surface area contributed by atoms with Gasteiger partial charge >= 0.3 is 0 Å². The van der Waals surface area contributed by atoms with E-state index in [4.69, 9.17) is 11.6 Å². The van der Waals surface area contributed by atoms with Gasteiger partial charge in [-0.25, -0.2) is 4.39 Å². The first kappa shape index (κ1) is 17.0. The van der Waals surface area contributed by atoms with E-state index < -0.39 is 11.7 Å². The second-order valence-corrected chi connectivity index (χ2v) is 6.17. The van der Waals surface area contributed by atoms with Gasteiger partial charge in [-0.15, -0.1) is 0 Å². The van der Waals surface area contributed by atoms with E-state index >= 15 is 0 Å². The predicted molar refractivity (Wildman–Crippen MR) is 92.3 cm³/mol. The lowest BCUT2D eigenvalue weighted by molar-refractivity contribution is 0.102. The van der Waals surface area contributed by atoms with Crippen molar-refractivity contribution in [1.29, 1.82) is 0 Å². The summed E-state index contributed by atoms with van der Waals surface area (Å²) in [6, 6.07) is 7.99. The molecule has 2 rings (SSSR count). The van der Waals surface area contributed by atoms with Gasteiger partial charge in [0.2, 0.25) is 0 Å². The monoisotopic (exact) mass is 383 g/mol. The molecule has 0 radical (unpaired) electrons. The van der Waals surface area contributed by atoms with Crippen LogP contribution in [-0.4, -0.2) is 5.91 Å². The highest BCUT2D eigenvalue weighted by Crippen LogP contribution is 2.30. The van der Waals surface area contributed by atoms with Gasteiger partial charge in [0.1, 0.15) is 5.82 Å². The molecule has 0 aromatic heterocycles. The summed E-state index contributed by atoms with van der Waals surface area (Å²) in [5.41, 5.74) is 2.52. The van der Waals surface area contributed by atoms with Crippen molar-refractivity contribution in [2.45, 2.75) is 26.7 Å². The quantitative estimate of drug-likeness (QED) is 0.728. The standard InChI is InChI=1S/C17H16BrClFNO/c1-3-10-5-7-14(19)12(4-2)16(10)21-17(22)13-9-11(18)6-8-15(13)20/h5-9H,3-4H2,1-2H3,(H,21,22). The van der Waals surface area contributed by atoms with Crippen LogP contribution in [0.4, 0.5) is 10.1 Å². The average molecular weight is 385 g/mol. The molecule has 2 aromatic carbocycles. The molecular weight excluding hydrogens is 369 g/mol. The fraction of sp³-hybridized carbons (Fsp3) is 0.235. The van der Waals surface area contributed by atoms with Gasteiger partial charge in [-0.05, 0) is 48.2 Å². The lowest BCUT2D eigenvalue weighted by Crippen LogP contribution is -2.16. The Morgan fingerprint density at radius 3 is 2.59 bits per heavy atom. The van der Waals surface area contributed by atoms with Crippen molar-refractivity contribution in [3.05, 3.63) is 62.3 Å². The fourth-order valence-corrected chi connectivity index (χ4v) is 2.97. The van der Waals surface area contributed by atoms with Crippen LogP contribution in [0.3, 0.4) is 0 Å². The van der Waals surface area contributed by atoms with Crippen LogP contribution in [0.15, 0.2) is 34.8 Å². The van der Waals surface area contributed by atoms with Crippen molar-refractivity contribution in [3.63, 3.8) is 0 Å². The molecule has 0 unspecified atom stereocenters. The molecule has 0 saturated heterocycles. The number of carbonyl (C=O) groups is 1. The van der Waals surface area contributed by atoms with E-state index in [0.717, 1.165) is 17.5 Å². The molecule has 116 valence electrons. The maximum absolute atomic E-state index is 13.9. The number of carbonyl (C=O) groups excluding carboxylic acids is 1. The van der Waals surface area contributed by atoms with E-state index in [0.29, 0.717) is 21.6 Å². The summed E-state index contributed by atoms with van der Waals surface area (Å²) in [5.74, 6) is -1.04. The highest BCUT2D eigenvalue weighted by molar-refractivity contribution is 9.10. The molecular formula is C17H16BrClFNO. The van der Waals surface area contributed by atoms with Crippen molar-refractivity contribution in [3.8, 4) is 0 Å². The van der Waals surface area contributed by atoms with Crippen LogP contribution in [-0.2, 0) is 12.8 Å². The number of anilines is 1. The van der Waals surface area contributed by atoms with Crippen LogP contribution < -0.4 is 5.32 Å². The first-order valence-electron chi connectivity index (χ1n) is 7.04. The number of nitrogens with one attached hydrogen (secondary N) is 1. The zero-order valence-corrected chi connectivity index (χ0v) is 14.7. The normalized spacial score (nSPS) is 10.6. The van der Waals surface area contributed by atoms with E-state index in [1.54, 1.807) is 6.07 Å². The zero-order valence-electron chi connectivity index (χ0n) is 12.3. The Labute approximate surface area is 142 Å². The summed E-state index contributed by atoms with van der Waals surface area (Å²) < 4.78 is 14.5. The van der Waals surface area contributed by atoms with E-state index in [1.807, 2.05) is 26.0 Å².